The number of carbonyl (C=O) groups is 3. The Morgan fingerprint density at radius 1 is 0.743 bits per heavy atom. The van der Waals surface area contributed by atoms with Crippen molar-refractivity contribution in [1.29, 1.82) is 0 Å². The maximum atomic E-state index is 12.4. The number of nitrogens with two attached hydrogens (primary N) is 1. The highest BCUT2D eigenvalue weighted by Gasteiger charge is 2.19. The van der Waals surface area contributed by atoms with Crippen molar-refractivity contribution >= 4 is 17.8 Å². The number of unbranched alkanes of at least 4 members (excludes halogenated alkanes) is 14. The zero-order chi connectivity index (χ0) is 26.2. The van der Waals surface area contributed by atoms with Crippen molar-refractivity contribution < 1.29 is 24.2 Å². The molecule has 8 heteroatoms. The Kier molecular flexibility index (Phi) is 22.9. The van der Waals surface area contributed by atoms with E-state index in [9.17, 15) is 14.4 Å². The molecule has 2 atom stereocenters. The van der Waals surface area contributed by atoms with Crippen molar-refractivity contribution in [2.24, 2.45) is 5.73 Å². The second kappa shape index (κ2) is 24.0. The first-order chi connectivity index (χ1) is 16.9. The molecule has 5 N–H and O–H groups in total. The highest BCUT2D eigenvalue weighted by Crippen LogP contribution is 2.16. The third-order valence-electron chi connectivity index (χ3n) is 6.18. The lowest BCUT2D eigenvalue weighted by atomic mass is 10.0. The van der Waals surface area contributed by atoms with Gasteiger partial charge < -0.3 is 15.6 Å². The van der Waals surface area contributed by atoms with Crippen LogP contribution in [0.2, 0.25) is 0 Å². The van der Waals surface area contributed by atoms with Crippen molar-refractivity contribution in [3.63, 3.8) is 0 Å². The fourth-order valence-electron chi connectivity index (χ4n) is 3.92. The molecule has 8 nitrogen and oxygen atoms in total. The van der Waals surface area contributed by atoms with Crippen LogP contribution in [0.3, 0.4) is 0 Å². The zero-order valence-electron chi connectivity index (χ0n) is 22.5. The smallest absolute Gasteiger partial charge is 0.306 e. The van der Waals surface area contributed by atoms with Crippen LogP contribution >= 0.6 is 0 Å². The van der Waals surface area contributed by atoms with Gasteiger partial charge in [0.05, 0.1) is 13.0 Å². The number of aliphatic hydroxyl groups excluding tert-OH is 1. The summed E-state index contributed by atoms with van der Waals surface area (Å²) in [7, 11) is 0. The van der Waals surface area contributed by atoms with E-state index in [0.29, 0.717) is 12.8 Å². The summed E-state index contributed by atoms with van der Waals surface area (Å²) in [4.78, 5) is 36.3. The molecule has 2 amide bonds. The van der Waals surface area contributed by atoms with E-state index in [1.54, 1.807) is 0 Å². The van der Waals surface area contributed by atoms with Crippen LogP contribution in [0.4, 0.5) is 0 Å². The first-order valence-corrected chi connectivity index (χ1v) is 14.1. The first-order valence-electron chi connectivity index (χ1n) is 14.1. The van der Waals surface area contributed by atoms with E-state index in [1.807, 2.05) is 0 Å². The number of hydrazine groups is 1. The summed E-state index contributed by atoms with van der Waals surface area (Å²) in [5.74, 6) is -1.39. The highest BCUT2D eigenvalue weighted by atomic mass is 16.5. The number of rotatable bonds is 23. The molecule has 0 bridgehead atoms. The number of hydrogen-bond acceptors (Lipinski definition) is 6. The molecule has 0 aromatic rings. The predicted molar refractivity (Wildman–Crippen MR) is 140 cm³/mol. The minimum absolute atomic E-state index is 0.0194. The van der Waals surface area contributed by atoms with Crippen LogP contribution in [0.5, 0.6) is 0 Å². The van der Waals surface area contributed by atoms with Crippen molar-refractivity contribution in [2.45, 2.75) is 148 Å². The van der Waals surface area contributed by atoms with Crippen LogP contribution in [-0.4, -0.2) is 41.6 Å². The molecule has 0 rings (SSSR count). The van der Waals surface area contributed by atoms with E-state index >= 15 is 0 Å². The van der Waals surface area contributed by atoms with E-state index in [0.717, 1.165) is 38.5 Å². The van der Waals surface area contributed by atoms with Crippen molar-refractivity contribution in [1.82, 2.24) is 10.9 Å². The molecular formula is C27H53N3O5. The molecule has 0 aromatic carbocycles. The topological polar surface area (TPSA) is 131 Å². The molecule has 0 aliphatic rings. The molecule has 0 saturated carbocycles. The summed E-state index contributed by atoms with van der Waals surface area (Å²) in [6.07, 6.45) is 19.0. The fraction of sp³-hybridized carbons (Fsp3) is 0.889. The summed E-state index contributed by atoms with van der Waals surface area (Å²) in [6.45, 7) is 3.90. The molecule has 0 spiro atoms. The Morgan fingerprint density at radius 3 is 1.74 bits per heavy atom. The molecule has 0 aromatic heterocycles. The SMILES string of the molecule is CCCCCCCCCCC[C@H](CC(=O)NNC(=O)[C@@H](N)CO)OC(=O)CCCCCCCCC. The Morgan fingerprint density at radius 2 is 1.23 bits per heavy atom. The number of nitrogens with one attached hydrogen (secondary N) is 2. The van der Waals surface area contributed by atoms with E-state index in [4.69, 9.17) is 15.6 Å². The molecule has 0 heterocycles. The third kappa shape index (κ3) is 21.3. The molecule has 206 valence electrons. The first kappa shape index (κ1) is 33.3. The summed E-state index contributed by atoms with van der Waals surface area (Å²) in [5.41, 5.74) is 9.91. The maximum absolute atomic E-state index is 12.4. The van der Waals surface area contributed by atoms with Crippen LogP contribution in [0, 0.1) is 0 Å². The van der Waals surface area contributed by atoms with Crippen molar-refractivity contribution in [3.8, 4) is 0 Å². The van der Waals surface area contributed by atoms with Gasteiger partial charge in [0.2, 0.25) is 5.91 Å². The monoisotopic (exact) mass is 499 g/mol. The van der Waals surface area contributed by atoms with Crippen LogP contribution in [0.15, 0.2) is 0 Å². The van der Waals surface area contributed by atoms with Gasteiger partial charge >= 0.3 is 5.97 Å². The van der Waals surface area contributed by atoms with Crippen LogP contribution in [-0.2, 0) is 19.1 Å². The molecule has 0 saturated heterocycles. The zero-order valence-corrected chi connectivity index (χ0v) is 22.5. The van der Waals surface area contributed by atoms with Crippen LogP contribution < -0.4 is 16.6 Å². The molecule has 0 fully saturated rings. The van der Waals surface area contributed by atoms with Gasteiger partial charge in [-0.2, -0.15) is 0 Å². The van der Waals surface area contributed by atoms with Crippen LogP contribution in [0.1, 0.15) is 136 Å². The predicted octanol–water partition coefficient (Wildman–Crippen LogP) is 4.82. The number of aliphatic hydroxyl groups is 1. The molecule has 0 aliphatic heterocycles. The van der Waals surface area contributed by atoms with Gasteiger partial charge in [-0.05, 0) is 19.3 Å². The average molecular weight is 500 g/mol. The van der Waals surface area contributed by atoms with Gasteiger partial charge in [0.25, 0.3) is 5.91 Å². The maximum Gasteiger partial charge on any atom is 0.306 e. The standard InChI is InChI=1S/C27H53N3O5/c1-3-5-7-9-11-12-14-15-17-19-23(21-25(32)29-30-27(34)24(28)22-31)35-26(33)20-18-16-13-10-8-6-4-2/h23-24,31H,3-22,28H2,1-2H3,(H,29,32)(H,30,34)/t23-,24+/m1/s1. The number of hydrogen-bond donors (Lipinski definition) is 4. The number of ether oxygens (including phenoxy) is 1. The normalized spacial score (nSPS) is 12.7. The molecule has 35 heavy (non-hydrogen) atoms. The van der Waals surface area contributed by atoms with Gasteiger partial charge in [-0.1, -0.05) is 104 Å². The van der Waals surface area contributed by atoms with Crippen molar-refractivity contribution in [2.75, 3.05) is 6.61 Å². The summed E-state index contributed by atoms with van der Waals surface area (Å²) in [5, 5.41) is 8.91. The van der Waals surface area contributed by atoms with Gasteiger partial charge in [-0.3, -0.25) is 25.2 Å². The van der Waals surface area contributed by atoms with E-state index < -0.39 is 30.6 Å². The van der Waals surface area contributed by atoms with E-state index in [2.05, 4.69) is 24.7 Å². The molecular weight excluding hydrogens is 446 g/mol. The van der Waals surface area contributed by atoms with E-state index in [1.165, 1.54) is 64.2 Å². The highest BCUT2D eigenvalue weighted by molar-refractivity contribution is 5.85. The van der Waals surface area contributed by atoms with Gasteiger partial charge in [-0.25, -0.2) is 0 Å². The fourth-order valence-corrected chi connectivity index (χ4v) is 3.92. The lowest BCUT2D eigenvalue weighted by molar-refractivity contribution is -0.151. The summed E-state index contributed by atoms with van der Waals surface area (Å²) in [6, 6.07) is -1.10. The lowest BCUT2D eigenvalue weighted by Crippen LogP contribution is -2.51. The van der Waals surface area contributed by atoms with Gasteiger partial charge in [0, 0.05) is 6.42 Å². The van der Waals surface area contributed by atoms with Crippen molar-refractivity contribution in [3.05, 3.63) is 0 Å². The van der Waals surface area contributed by atoms with Gasteiger partial charge in [-0.15, -0.1) is 0 Å². The Bertz CT molecular complexity index is 545. The Balaban J connectivity index is 4.37. The van der Waals surface area contributed by atoms with Crippen LogP contribution in [0.25, 0.3) is 0 Å². The van der Waals surface area contributed by atoms with E-state index in [-0.39, 0.29) is 12.4 Å². The third-order valence-corrected chi connectivity index (χ3v) is 6.18. The van der Waals surface area contributed by atoms with Gasteiger partial charge in [0.1, 0.15) is 12.1 Å². The lowest BCUT2D eigenvalue weighted by Gasteiger charge is -2.18. The Hall–Kier alpha value is -1.67. The molecule has 0 unspecified atom stereocenters. The van der Waals surface area contributed by atoms with Gasteiger partial charge in [0.15, 0.2) is 0 Å². The number of amides is 2. The summed E-state index contributed by atoms with van der Waals surface area (Å²) >= 11 is 0. The Labute approximate surface area is 213 Å². The quantitative estimate of drug-likeness (QED) is 0.0906. The average Bonchev–Trinajstić information content (AvgIpc) is 2.85. The largest absolute Gasteiger partial charge is 0.462 e. The minimum Gasteiger partial charge on any atom is -0.462 e. The second-order valence-corrected chi connectivity index (χ2v) is 9.63. The summed E-state index contributed by atoms with van der Waals surface area (Å²) < 4.78 is 5.64. The molecule has 0 aliphatic carbocycles. The number of carbonyl (C=O) groups excluding carboxylic acids is 3. The minimum atomic E-state index is -1.10. The second-order valence-electron chi connectivity index (χ2n) is 9.63. The molecule has 0 radical (unpaired) electrons. The number of esters is 1.